The molecule has 6 nitrogen and oxygen atoms in total. The third-order valence-electron chi connectivity index (χ3n) is 4.09. The summed E-state index contributed by atoms with van der Waals surface area (Å²) in [4.78, 5) is 12.2. The standard InChI is InChI=1S/C17H25FN2O4S/c1-2-12-25(22,23)20-10-3-4-14(13-20)17(21)19-9-11-24-16-7-5-15(18)6-8-16/h5-8,14H,2-4,9-13H2,1H3,(H,19,21)/t14-/m1/s1. The Balaban J connectivity index is 1.75. The molecule has 1 atom stereocenters. The topological polar surface area (TPSA) is 75.7 Å². The van der Waals surface area contributed by atoms with Gasteiger partial charge in [-0.3, -0.25) is 4.79 Å². The molecule has 0 bridgehead atoms. The molecule has 0 saturated carbocycles. The first-order valence-corrected chi connectivity index (χ1v) is 10.2. The minimum absolute atomic E-state index is 0.118. The lowest BCUT2D eigenvalue weighted by molar-refractivity contribution is -0.126. The van der Waals surface area contributed by atoms with Gasteiger partial charge >= 0.3 is 0 Å². The lowest BCUT2D eigenvalue weighted by Crippen LogP contribution is -2.46. The Kier molecular flexibility index (Phi) is 7.19. The number of carbonyl (C=O) groups is 1. The van der Waals surface area contributed by atoms with Gasteiger partial charge in [0.25, 0.3) is 0 Å². The molecule has 1 aromatic rings. The molecule has 1 heterocycles. The van der Waals surface area contributed by atoms with Gasteiger partial charge in [-0.1, -0.05) is 6.92 Å². The van der Waals surface area contributed by atoms with Crippen molar-refractivity contribution in [3.63, 3.8) is 0 Å². The van der Waals surface area contributed by atoms with Crippen LogP contribution in [0.3, 0.4) is 0 Å². The van der Waals surface area contributed by atoms with Crippen molar-refractivity contribution in [2.24, 2.45) is 5.92 Å². The number of nitrogens with zero attached hydrogens (tertiary/aromatic N) is 1. The lowest BCUT2D eigenvalue weighted by Gasteiger charge is -2.31. The predicted molar refractivity (Wildman–Crippen MR) is 93.3 cm³/mol. The number of hydrogen-bond donors (Lipinski definition) is 1. The molecule has 0 unspecified atom stereocenters. The fourth-order valence-electron chi connectivity index (χ4n) is 2.81. The molecule has 1 aliphatic rings. The maximum Gasteiger partial charge on any atom is 0.224 e. The van der Waals surface area contributed by atoms with Crippen LogP contribution in [-0.2, 0) is 14.8 Å². The first-order chi connectivity index (χ1) is 11.9. The molecule has 0 aromatic heterocycles. The Morgan fingerprint density at radius 2 is 2.08 bits per heavy atom. The summed E-state index contributed by atoms with van der Waals surface area (Å²) in [7, 11) is -3.27. The number of hydrogen-bond acceptors (Lipinski definition) is 4. The first kappa shape index (κ1) is 19.7. The molecular formula is C17H25FN2O4S. The van der Waals surface area contributed by atoms with Crippen molar-refractivity contribution < 1.29 is 22.3 Å². The van der Waals surface area contributed by atoms with Crippen LogP contribution in [0.4, 0.5) is 4.39 Å². The van der Waals surface area contributed by atoms with E-state index in [4.69, 9.17) is 4.74 Å². The van der Waals surface area contributed by atoms with Crippen LogP contribution in [0.2, 0.25) is 0 Å². The molecule has 8 heteroatoms. The van der Waals surface area contributed by atoms with Gasteiger partial charge in [-0.05, 0) is 43.5 Å². The monoisotopic (exact) mass is 372 g/mol. The number of ether oxygens (including phenoxy) is 1. The van der Waals surface area contributed by atoms with Crippen LogP contribution in [0.15, 0.2) is 24.3 Å². The van der Waals surface area contributed by atoms with Crippen LogP contribution in [0, 0.1) is 11.7 Å². The van der Waals surface area contributed by atoms with Crippen molar-refractivity contribution in [1.29, 1.82) is 0 Å². The summed E-state index contributed by atoms with van der Waals surface area (Å²) in [5.41, 5.74) is 0. The zero-order valence-electron chi connectivity index (χ0n) is 14.4. The minimum atomic E-state index is -3.27. The van der Waals surface area contributed by atoms with Crippen molar-refractivity contribution in [2.45, 2.75) is 26.2 Å². The van der Waals surface area contributed by atoms with Crippen LogP contribution in [0.1, 0.15) is 26.2 Å². The van der Waals surface area contributed by atoms with Crippen molar-refractivity contribution in [3.8, 4) is 5.75 Å². The summed E-state index contributed by atoms with van der Waals surface area (Å²) in [5, 5.41) is 2.78. The van der Waals surface area contributed by atoms with Gasteiger partial charge in [0.1, 0.15) is 18.2 Å². The Hall–Kier alpha value is -1.67. The highest BCUT2D eigenvalue weighted by atomic mass is 32.2. The van der Waals surface area contributed by atoms with E-state index in [2.05, 4.69) is 5.32 Å². The molecule has 1 saturated heterocycles. The second kappa shape index (κ2) is 9.15. The van der Waals surface area contributed by atoms with Crippen LogP contribution < -0.4 is 10.1 Å². The van der Waals surface area contributed by atoms with E-state index in [1.165, 1.54) is 28.6 Å². The quantitative estimate of drug-likeness (QED) is 0.706. The van der Waals surface area contributed by atoms with Crippen molar-refractivity contribution in [2.75, 3.05) is 32.0 Å². The highest BCUT2D eigenvalue weighted by molar-refractivity contribution is 7.89. The van der Waals surface area contributed by atoms with Crippen LogP contribution in [-0.4, -0.2) is 50.6 Å². The van der Waals surface area contributed by atoms with Gasteiger partial charge in [0.2, 0.25) is 15.9 Å². The van der Waals surface area contributed by atoms with Gasteiger partial charge in [-0.25, -0.2) is 17.1 Å². The highest BCUT2D eigenvalue weighted by Gasteiger charge is 2.31. The number of piperidine rings is 1. The van der Waals surface area contributed by atoms with E-state index in [1.807, 2.05) is 6.92 Å². The summed E-state index contributed by atoms with van der Waals surface area (Å²) in [6.07, 6.45) is 1.94. The summed E-state index contributed by atoms with van der Waals surface area (Å²) >= 11 is 0. The molecule has 1 amide bonds. The fraction of sp³-hybridized carbons (Fsp3) is 0.588. The molecule has 25 heavy (non-hydrogen) atoms. The third kappa shape index (κ3) is 5.97. The minimum Gasteiger partial charge on any atom is -0.492 e. The van der Waals surface area contributed by atoms with Crippen LogP contribution in [0.25, 0.3) is 0 Å². The van der Waals surface area contributed by atoms with E-state index in [1.54, 1.807) is 0 Å². The van der Waals surface area contributed by atoms with Gasteiger partial charge in [0.15, 0.2) is 0 Å². The Labute approximate surface area is 148 Å². The van der Waals surface area contributed by atoms with E-state index < -0.39 is 10.0 Å². The molecule has 1 aliphatic heterocycles. The summed E-state index contributed by atoms with van der Waals surface area (Å²) in [5.74, 6) is -0.164. The number of halogens is 1. The van der Waals surface area contributed by atoms with Gasteiger partial charge in [-0.2, -0.15) is 0 Å². The molecule has 140 valence electrons. The molecule has 1 aromatic carbocycles. The first-order valence-electron chi connectivity index (χ1n) is 8.56. The molecule has 1 fully saturated rings. The number of amides is 1. The normalized spacial score (nSPS) is 18.7. The summed E-state index contributed by atoms with van der Waals surface area (Å²) < 4.78 is 43.9. The Morgan fingerprint density at radius 1 is 1.36 bits per heavy atom. The number of carbonyl (C=O) groups excluding carboxylic acids is 1. The summed E-state index contributed by atoms with van der Waals surface area (Å²) in [6, 6.07) is 5.66. The molecular weight excluding hydrogens is 347 g/mol. The average Bonchev–Trinajstić information content (AvgIpc) is 2.60. The number of benzene rings is 1. The SMILES string of the molecule is CCCS(=O)(=O)N1CCC[C@@H](C(=O)NCCOc2ccc(F)cc2)C1. The number of sulfonamides is 1. The van der Waals surface area contributed by atoms with Crippen molar-refractivity contribution >= 4 is 15.9 Å². The Morgan fingerprint density at radius 3 is 2.76 bits per heavy atom. The van der Waals surface area contributed by atoms with Gasteiger partial charge in [0.05, 0.1) is 18.2 Å². The maximum atomic E-state index is 12.8. The van der Waals surface area contributed by atoms with Crippen molar-refractivity contribution in [1.82, 2.24) is 9.62 Å². The van der Waals surface area contributed by atoms with E-state index >= 15 is 0 Å². The molecule has 1 N–H and O–H groups in total. The lowest BCUT2D eigenvalue weighted by atomic mass is 9.99. The van der Waals surface area contributed by atoms with E-state index in [9.17, 15) is 17.6 Å². The highest BCUT2D eigenvalue weighted by Crippen LogP contribution is 2.20. The second-order valence-electron chi connectivity index (χ2n) is 6.11. The average molecular weight is 372 g/mol. The number of rotatable bonds is 8. The zero-order chi connectivity index (χ0) is 18.3. The largest absolute Gasteiger partial charge is 0.492 e. The predicted octanol–water partition coefficient (Wildman–Crippen LogP) is 1.77. The third-order valence-corrected chi connectivity index (χ3v) is 6.14. The molecule has 0 aliphatic carbocycles. The fourth-order valence-corrected chi connectivity index (χ4v) is 4.40. The van der Waals surface area contributed by atoms with Crippen molar-refractivity contribution in [3.05, 3.63) is 30.1 Å². The van der Waals surface area contributed by atoms with E-state index in [0.717, 1.165) is 0 Å². The molecule has 0 spiro atoms. The van der Waals surface area contributed by atoms with Gasteiger partial charge in [-0.15, -0.1) is 0 Å². The molecule has 2 rings (SSSR count). The van der Waals surface area contributed by atoms with Gasteiger partial charge < -0.3 is 10.1 Å². The van der Waals surface area contributed by atoms with E-state index in [-0.39, 0.29) is 36.5 Å². The zero-order valence-corrected chi connectivity index (χ0v) is 15.2. The maximum absolute atomic E-state index is 12.8. The summed E-state index contributed by atoms with van der Waals surface area (Å²) in [6.45, 7) is 3.13. The smallest absolute Gasteiger partial charge is 0.224 e. The van der Waals surface area contributed by atoms with Gasteiger partial charge in [0, 0.05) is 13.1 Å². The van der Waals surface area contributed by atoms with Crippen LogP contribution >= 0.6 is 0 Å². The van der Waals surface area contributed by atoms with Crippen LogP contribution in [0.5, 0.6) is 5.75 Å². The Bertz CT molecular complexity index is 664. The molecule has 0 radical (unpaired) electrons. The number of nitrogens with one attached hydrogen (secondary N) is 1. The van der Waals surface area contributed by atoms with E-state index in [0.29, 0.717) is 38.1 Å². The second-order valence-corrected chi connectivity index (χ2v) is 8.20.